The van der Waals surface area contributed by atoms with E-state index in [-0.39, 0.29) is 52.6 Å². The number of hydrogen-bond donors (Lipinski definition) is 1. The van der Waals surface area contributed by atoms with Gasteiger partial charge in [0.05, 0.1) is 0 Å². The Morgan fingerprint density at radius 1 is 1.08 bits per heavy atom. The van der Waals surface area contributed by atoms with E-state index in [1.807, 2.05) is 13.8 Å². The maximum atomic E-state index is 13.2. The molecule has 36 heavy (non-hydrogen) atoms. The Balaban J connectivity index is 1.49. The van der Waals surface area contributed by atoms with Crippen LogP contribution in [0.3, 0.4) is 0 Å². The summed E-state index contributed by atoms with van der Waals surface area (Å²) in [7, 11) is -4.62. The van der Waals surface area contributed by atoms with Gasteiger partial charge in [0.25, 0.3) is 16.0 Å². The third-order valence-corrected chi connectivity index (χ3v) is 7.28. The molecule has 3 aromatic rings. The number of rotatable bonds is 7. The van der Waals surface area contributed by atoms with E-state index in [1.165, 1.54) is 24.3 Å². The summed E-state index contributed by atoms with van der Waals surface area (Å²) < 4.78 is 52.1. The molecule has 1 fully saturated rings. The number of hydrogen-bond acceptors (Lipinski definition) is 7. The van der Waals surface area contributed by atoms with Crippen LogP contribution in [-0.2, 0) is 21.5 Å². The van der Waals surface area contributed by atoms with Gasteiger partial charge in [0.15, 0.2) is 18.0 Å². The van der Waals surface area contributed by atoms with Crippen LogP contribution >= 0.6 is 0 Å². The molecular formula is C25H26FN3O6S. The standard InChI is InChI=1S/C25H26FN3O6S/c1-16-13-29(17(2)12-28(16)14-18-7-9-19(26)10-8-18)24(30)15-35-25-21-6-4-3-5-20(21)23(36(32,33)34)11-22(25)27-31/h3-11,16-17H,12-15H2,1-2H3,(H,32,33,34)/t16-,17+/m0/s1. The fourth-order valence-electron chi connectivity index (χ4n) is 4.54. The molecule has 0 unspecified atom stereocenters. The third kappa shape index (κ3) is 5.38. The van der Waals surface area contributed by atoms with Crippen molar-refractivity contribution in [1.29, 1.82) is 0 Å². The number of ether oxygens (including phenoxy) is 1. The second-order valence-corrected chi connectivity index (χ2v) is 10.3. The first-order valence-electron chi connectivity index (χ1n) is 11.4. The minimum atomic E-state index is -4.62. The summed E-state index contributed by atoms with van der Waals surface area (Å²) in [6, 6.07) is 13.4. The van der Waals surface area contributed by atoms with Gasteiger partial charge in [-0.3, -0.25) is 14.2 Å². The van der Waals surface area contributed by atoms with Crippen molar-refractivity contribution in [2.75, 3.05) is 19.7 Å². The van der Waals surface area contributed by atoms with Crippen LogP contribution in [-0.4, -0.2) is 60.5 Å². The normalized spacial score (nSPS) is 18.8. The average Bonchev–Trinajstić information content (AvgIpc) is 2.84. The summed E-state index contributed by atoms with van der Waals surface area (Å²) in [6.45, 7) is 5.24. The largest absolute Gasteiger partial charge is 0.481 e. The lowest BCUT2D eigenvalue weighted by atomic mass is 10.1. The zero-order valence-electron chi connectivity index (χ0n) is 19.8. The maximum absolute atomic E-state index is 13.2. The number of nitrogens with zero attached hydrogens (tertiary/aromatic N) is 3. The molecule has 0 aromatic heterocycles. The quantitative estimate of drug-likeness (QED) is 0.372. The lowest BCUT2D eigenvalue weighted by molar-refractivity contribution is -0.139. The predicted molar refractivity (Wildman–Crippen MR) is 132 cm³/mol. The van der Waals surface area contributed by atoms with Gasteiger partial charge in [0, 0.05) is 42.5 Å². The first-order valence-corrected chi connectivity index (χ1v) is 12.8. The second kappa shape index (κ2) is 10.3. The molecule has 1 N–H and O–H groups in total. The van der Waals surface area contributed by atoms with Crippen molar-refractivity contribution in [3.63, 3.8) is 0 Å². The van der Waals surface area contributed by atoms with E-state index in [4.69, 9.17) is 4.74 Å². The Morgan fingerprint density at radius 2 is 1.75 bits per heavy atom. The van der Waals surface area contributed by atoms with Crippen LogP contribution in [0.5, 0.6) is 5.75 Å². The minimum absolute atomic E-state index is 0.0306. The molecule has 0 saturated carbocycles. The molecule has 0 spiro atoms. The summed E-state index contributed by atoms with van der Waals surface area (Å²) in [5, 5.41) is 3.24. The predicted octanol–water partition coefficient (Wildman–Crippen LogP) is 4.12. The van der Waals surface area contributed by atoms with E-state index in [1.54, 1.807) is 29.2 Å². The van der Waals surface area contributed by atoms with Gasteiger partial charge < -0.3 is 9.64 Å². The van der Waals surface area contributed by atoms with Crippen LogP contribution in [0.1, 0.15) is 19.4 Å². The molecule has 1 heterocycles. The molecule has 1 aliphatic rings. The van der Waals surface area contributed by atoms with Gasteiger partial charge in [-0.1, -0.05) is 36.4 Å². The van der Waals surface area contributed by atoms with E-state index in [2.05, 4.69) is 10.1 Å². The molecule has 1 saturated heterocycles. The summed E-state index contributed by atoms with van der Waals surface area (Å²) in [4.78, 5) is 28.0. The molecule has 1 aliphatic heterocycles. The summed E-state index contributed by atoms with van der Waals surface area (Å²) in [5.41, 5.74) is 0.646. The van der Waals surface area contributed by atoms with E-state index in [9.17, 15) is 27.1 Å². The highest BCUT2D eigenvalue weighted by Crippen LogP contribution is 2.40. The summed E-state index contributed by atoms with van der Waals surface area (Å²) >= 11 is 0. The van der Waals surface area contributed by atoms with Gasteiger partial charge in [-0.15, -0.1) is 4.91 Å². The van der Waals surface area contributed by atoms with Crippen molar-refractivity contribution < 1.29 is 26.9 Å². The van der Waals surface area contributed by atoms with Crippen molar-refractivity contribution in [1.82, 2.24) is 9.80 Å². The molecule has 0 aliphatic carbocycles. The number of amides is 1. The highest BCUT2D eigenvalue weighted by molar-refractivity contribution is 7.86. The van der Waals surface area contributed by atoms with Crippen molar-refractivity contribution in [3.8, 4) is 5.75 Å². The Kier molecular flexibility index (Phi) is 7.34. The van der Waals surface area contributed by atoms with E-state index in [0.717, 1.165) is 11.6 Å². The van der Waals surface area contributed by atoms with Crippen molar-refractivity contribution in [3.05, 3.63) is 70.9 Å². The minimum Gasteiger partial charge on any atom is -0.481 e. The van der Waals surface area contributed by atoms with Gasteiger partial charge in [-0.25, -0.2) is 4.39 Å². The number of carbonyl (C=O) groups is 1. The van der Waals surface area contributed by atoms with Gasteiger partial charge in [-0.05, 0) is 42.8 Å². The number of carbonyl (C=O) groups excluding carboxylic acids is 1. The van der Waals surface area contributed by atoms with Crippen molar-refractivity contribution in [2.24, 2.45) is 5.18 Å². The number of piperazine rings is 1. The van der Waals surface area contributed by atoms with E-state index in [0.29, 0.717) is 19.6 Å². The summed E-state index contributed by atoms with van der Waals surface area (Å²) in [6.07, 6.45) is 0. The molecular weight excluding hydrogens is 489 g/mol. The third-order valence-electron chi connectivity index (χ3n) is 6.39. The maximum Gasteiger partial charge on any atom is 0.295 e. The lowest BCUT2D eigenvalue weighted by Gasteiger charge is -2.44. The monoisotopic (exact) mass is 515 g/mol. The summed E-state index contributed by atoms with van der Waals surface area (Å²) in [5.74, 6) is -0.614. The van der Waals surface area contributed by atoms with Gasteiger partial charge >= 0.3 is 0 Å². The van der Waals surface area contributed by atoms with Crippen LogP contribution < -0.4 is 4.74 Å². The topological polar surface area (TPSA) is 117 Å². The molecule has 0 radical (unpaired) electrons. The molecule has 0 bridgehead atoms. The first-order chi connectivity index (χ1) is 17.1. The second-order valence-electron chi connectivity index (χ2n) is 8.92. The number of benzene rings is 3. The molecule has 1 amide bonds. The Morgan fingerprint density at radius 3 is 2.39 bits per heavy atom. The van der Waals surface area contributed by atoms with Crippen LogP contribution in [0.15, 0.2) is 64.7 Å². The van der Waals surface area contributed by atoms with E-state index < -0.39 is 15.0 Å². The first kappa shape index (κ1) is 25.7. The zero-order valence-corrected chi connectivity index (χ0v) is 20.6. The van der Waals surface area contributed by atoms with Crippen LogP contribution in [0, 0.1) is 10.7 Å². The Labute approximate surface area is 208 Å². The molecule has 9 nitrogen and oxygen atoms in total. The van der Waals surface area contributed by atoms with Crippen LogP contribution in [0.2, 0.25) is 0 Å². The fourth-order valence-corrected chi connectivity index (χ4v) is 5.26. The molecule has 2 atom stereocenters. The van der Waals surface area contributed by atoms with Crippen LogP contribution in [0.25, 0.3) is 10.8 Å². The molecule has 11 heteroatoms. The van der Waals surface area contributed by atoms with E-state index >= 15 is 0 Å². The number of nitroso groups, excluding NO2 is 1. The highest BCUT2D eigenvalue weighted by atomic mass is 32.2. The molecule has 3 aromatic carbocycles. The molecule has 4 rings (SSSR count). The molecule has 190 valence electrons. The Hall–Kier alpha value is -3.41. The smallest absolute Gasteiger partial charge is 0.295 e. The number of fused-ring (bicyclic) bond motifs is 1. The average molecular weight is 516 g/mol. The highest BCUT2D eigenvalue weighted by Gasteiger charge is 2.32. The van der Waals surface area contributed by atoms with Gasteiger partial charge in [-0.2, -0.15) is 8.42 Å². The Bertz CT molecular complexity index is 1400. The zero-order chi connectivity index (χ0) is 26.0. The van der Waals surface area contributed by atoms with Gasteiger partial charge in [0.2, 0.25) is 0 Å². The van der Waals surface area contributed by atoms with Crippen LogP contribution in [0.4, 0.5) is 10.1 Å². The van der Waals surface area contributed by atoms with Crippen molar-refractivity contribution >= 4 is 32.5 Å². The number of halogens is 1. The SMILES string of the molecule is C[C@@H]1CN(Cc2ccc(F)cc2)[C@@H](C)CN1C(=O)COc1c(N=O)cc(S(=O)(=O)O)c2ccccc12. The van der Waals surface area contributed by atoms with Gasteiger partial charge in [0.1, 0.15) is 10.7 Å². The lowest BCUT2D eigenvalue weighted by Crippen LogP contribution is -2.58. The van der Waals surface area contributed by atoms with Crippen molar-refractivity contribution in [2.45, 2.75) is 37.4 Å². The fraction of sp³-hybridized carbons (Fsp3) is 0.320.